The zero-order valence-corrected chi connectivity index (χ0v) is 10.1. The first-order valence-corrected chi connectivity index (χ1v) is 5.52. The van der Waals surface area contributed by atoms with Gasteiger partial charge in [0.1, 0.15) is 22.3 Å². The summed E-state index contributed by atoms with van der Waals surface area (Å²) >= 11 is 5.71. The van der Waals surface area contributed by atoms with E-state index in [1.54, 1.807) is 0 Å². The third-order valence-electron chi connectivity index (χ3n) is 2.37. The van der Waals surface area contributed by atoms with Crippen LogP contribution in [0.1, 0.15) is 0 Å². The van der Waals surface area contributed by atoms with Crippen LogP contribution in [0.5, 0.6) is 0 Å². The van der Waals surface area contributed by atoms with Gasteiger partial charge in [-0.1, -0.05) is 17.7 Å². The van der Waals surface area contributed by atoms with Gasteiger partial charge in [0, 0.05) is 6.07 Å². The number of nitrogens with zero attached hydrogens (tertiary/aromatic N) is 1. The van der Waals surface area contributed by atoms with Crippen molar-refractivity contribution in [3.05, 3.63) is 63.2 Å². The quantitative estimate of drug-likeness (QED) is 0.676. The Morgan fingerprint density at radius 2 is 1.89 bits per heavy atom. The molecule has 2 aromatic rings. The van der Waals surface area contributed by atoms with Crippen molar-refractivity contribution in [2.75, 3.05) is 5.32 Å². The molecule has 0 aliphatic carbocycles. The molecule has 19 heavy (non-hydrogen) atoms. The van der Waals surface area contributed by atoms with Gasteiger partial charge in [-0.15, -0.1) is 0 Å². The van der Waals surface area contributed by atoms with E-state index in [9.17, 15) is 18.9 Å². The number of hydrogen-bond acceptors (Lipinski definition) is 3. The third-order valence-corrected chi connectivity index (χ3v) is 2.67. The van der Waals surface area contributed by atoms with E-state index in [-0.39, 0.29) is 16.4 Å². The number of nitro benzene ring substituents is 1. The van der Waals surface area contributed by atoms with Crippen LogP contribution < -0.4 is 5.32 Å². The van der Waals surface area contributed by atoms with Crippen LogP contribution in [0.2, 0.25) is 5.02 Å². The lowest BCUT2D eigenvalue weighted by molar-refractivity contribution is -0.383. The molecule has 0 saturated heterocycles. The standard InChI is InChI=1S/C12H7ClF2N2O2/c13-8-2-1-3-10(12(8)17(18)19)16-11-6-7(14)4-5-9(11)15/h1-6,16H. The number of nitro groups is 1. The minimum absolute atomic E-state index is 0.0120. The smallest absolute Gasteiger partial charge is 0.311 e. The molecule has 0 aliphatic heterocycles. The lowest BCUT2D eigenvalue weighted by atomic mass is 10.2. The van der Waals surface area contributed by atoms with E-state index in [0.29, 0.717) is 0 Å². The summed E-state index contributed by atoms with van der Waals surface area (Å²) < 4.78 is 26.5. The Hall–Kier alpha value is -2.21. The molecule has 1 N–H and O–H groups in total. The van der Waals surface area contributed by atoms with E-state index in [4.69, 9.17) is 11.6 Å². The summed E-state index contributed by atoms with van der Waals surface area (Å²) in [5.41, 5.74) is -0.611. The summed E-state index contributed by atoms with van der Waals surface area (Å²) in [6.07, 6.45) is 0. The van der Waals surface area contributed by atoms with Crippen molar-refractivity contribution < 1.29 is 13.7 Å². The van der Waals surface area contributed by atoms with Gasteiger partial charge in [-0.25, -0.2) is 8.78 Å². The summed E-state index contributed by atoms with van der Waals surface area (Å²) in [7, 11) is 0. The van der Waals surface area contributed by atoms with Gasteiger partial charge >= 0.3 is 5.69 Å². The number of hydrogen-bond donors (Lipinski definition) is 1. The van der Waals surface area contributed by atoms with Crippen molar-refractivity contribution in [1.82, 2.24) is 0 Å². The molecule has 0 aromatic heterocycles. The SMILES string of the molecule is O=[N+]([O-])c1c(Cl)cccc1Nc1cc(F)ccc1F. The fourth-order valence-corrected chi connectivity index (χ4v) is 1.78. The minimum Gasteiger partial charge on any atom is -0.347 e. The van der Waals surface area contributed by atoms with E-state index in [2.05, 4.69) is 5.32 Å². The van der Waals surface area contributed by atoms with Gasteiger partial charge in [0.2, 0.25) is 0 Å². The van der Waals surface area contributed by atoms with Gasteiger partial charge in [-0.3, -0.25) is 10.1 Å². The molecule has 0 fully saturated rings. The van der Waals surface area contributed by atoms with Crippen molar-refractivity contribution in [1.29, 1.82) is 0 Å². The molecule has 7 heteroatoms. The molecule has 0 spiro atoms. The lowest BCUT2D eigenvalue weighted by Crippen LogP contribution is -1.99. The van der Waals surface area contributed by atoms with E-state index >= 15 is 0 Å². The fraction of sp³-hybridized carbons (Fsp3) is 0. The van der Waals surface area contributed by atoms with E-state index in [1.165, 1.54) is 18.2 Å². The molecular weight excluding hydrogens is 278 g/mol. The molecule has 0 bridgehead atoms. The second-order valence-electron chi connectivity index (χ2n) is 3.64. The van der Waals surface area contributed by atoms with Crippen LogP contribution in [0.25, 0.3) is 0 Å². The normalized spacial score (nSPS) is 10.3. The highest BCUT2D eigenvalue weighted by Crippen LogP contribution is 2.34. The van der Waals surface area contributed by atoms with Crippen molar-refractivity contribution in [2.24, 2.45) is 0 Å². The Balaban J connectivity index is 2.46. The van der Waals surface area contributed by atoms with Crippen LogP contribution >= 0.6 is 11.6 Å². The molecule has 0 heterocycles. The topological polar surface area (TPSA) is 55.2 Å². The molecule has 0 aliphatic rings. The molecule has 0 amide bonds. The Bertz CT molecular complexity index is 650. The number of nitrogens with one attached hydrogen (secondary N) is 1. The molecule has 98 valence electrons. The van der Waals surface area contributed by atoms with Crippen molar-refractivity contribution in [2.45, 2.75) is 0 Å². The highest BCUT2D eigenvalue weighted by atomic mass is 35.5. The molecule has 4 nitrogen and oxygen atoms in total. The molecule has 2 rings (SSSR count). The molecule has 0 atom stereocenters. The zero-order chi connectivity index (χ0) is 14.0. The van der Waals surface area contributed by atoms with E-state index in [0.717, 1.165) is 18.2 Å². The first-order valence-electron chi connectivity index (χ1n) is 5.14. The summed E-state index contributed by atoms with van der Waals surface area (Å²) in [6.45, 7) is 0. The van der Waals surface area contributed by atoms with Crippen molar-refractivity contribution in [3.63, 3.8) is 0 Å². The Morgan fingerprint density at radius 1 is 1.16 bits per heavy atom. The fourth-order valence-electron chi connectivity index (χ4n) is 1.54. The van der Waals surface area contributed by atoms with Crippen molar-refractivity contribution in [3.8, 4) is 0 Å². The van der Waals surface area contributed by atoms with Crippen LogP contribution in [0.4, 0.5) is 25.8 Å². The zero-order valence-electron chi connectivity index (χ0n) is 9.36. The average Bonchev–Trinajstić information content (AvgIpc) is 2.33. The predicted octanol–water partition coefficient (Wildman–Crippen LogP) is 4.27. The van der Waals surface area contributed by atoms with E-state index < -0.39 is 22.2 Å². The Kier molecular flexibility index (Phi) is 3.62. The van der Waals surface area contributed by atoms with Gasteiger partial charge in [0.15, 0.2) is 0 Å². The molecular formula is C12H7ClF2N2O2. The largest absolute Gasteiger partial charge is 0.347 e. The van der Waals surface area contributed by atoms with Gasteiger partial charge < -0.3 is 5.32 Å². The highest BCUT2D eigenvalue weighted by Gasteiger charge is 2.19. The summed E-state index contributed by atoms with van der Waals surface area (Å²) in [5.74, 6) is -1.38. The van der Waals surface area contributed by atoms with Crippen molar-refractivity contribution >= 4 is 28.7 Å². The number of rotatable bonds is 3. The number of para-hydroxylation sites is 1. The van der Waals surface area contributed by atoms with Gasteiger partial charge in [-0.05, 0) is 24.3 Å². The maximum atomic E-state index is 13.5. The number of halogens is 3. The van der Waals surface area contributed by atoms with Crippen LogP contribution in [-0.4, -0.2) is 4.92 Å². The van der Waals surface area contributed by atoms with Crippen LogP contribution in [-0.2, 0) is 0 Å². The van der Waals surface area contributed by atoms with E-state index in [1.807, 2.05) is 0 Å². The maximum absolute atomic E-state index is 13.5. The van der Waals surface area contributed by atoms with Crippen LogP contribution in [0, 0.1) is 21.7 Å². The average molecular weight is 285 g/mol. The maximum Gasteiger partial charge on any atom is 0.311 e. The summed E-state index contributed by atoms with van der Waals surface area (Å²) in [6, 6.07) is 6.94. The summed E-state index contributed by atoms with van der Waals surface area (Å²) in [5, 5.41) is 13.3. The van der Waals surface area contributed by atoms with Gasteiger partial charge in [0.25, 0.3) is 0 Å². The third kappa shape index (κ3) is 2.79. The van der Waals surface area contributed by atoms with Gasteiger partial charge in [0.05, 0.1) is 10.6 Å². The monoisotopic (exact) mass is 284 g/mol. The van der Waals surface area contributed by atoms with Crippen LogP contribution in [0.15, 0.2) is 36.4 Å². The second-order valence-corrected chi connectivity index (χ2v) is 4.05. The molecule has 2 aromatic carbocycles. The summed E-state index contributed by atoms with van der Waals surface area (Å²) in [4.78, 5) is 10.2. The molecule has 0 saturated carbocycles. The minimum atomic E-state index is -0.726. The predicted molar refractivity (Wildman–Crippen MR) is 67.7 cm³/mol. The second kappa shape index (κ2) is 5.19. The Morgan fingerprint density at radius 3 is 2.58 bits per heavy atom. The number of anilines is 2. The first-order chi connectivity index (χ1) is 8.99. The van der Waals surface area contributed by atoms with Crippen LogP contribution in [0.3, 0.4) is 0 Å². The Labute approximate surface area is 111 Å². The number of benzene rings is 2. The molecule has 0 unspecified atom stereocenters. The molecule has 0 radical (unpaired) electrons. The first kappa shape index (κ1) is 13.2. The van der Waals surface area contributed by atoms with Gasteiger partial charge in [-0.2, -0.15) is 0 Å². The lowest BCUT2D eigenvalue weighted by Gasteiger charge is -2.08. The highest BCUT2D eigenvalue weighted by molar-refractivity contribution is 6.33.